The lowest BCUT2D eigenvalue weighted by Crippen LogP contribution is -2.15. The largest absolute Gasteiger partial charge is 0.455 e. The van der Waals surface area contributed by atoms with Crippen molar-refractivity contribution in [3.8, 4) is 45.3 Å². The smallest absolute Gasteiger partial charge is 0.164 e. The first-order valence-corrected chi connectivity index (χ1v) is 17.7. The van der Waals surface area contributed by atoms with Gasteiger partial charge in [-0.2, -0.15) is 0 Å². The van der Waals surface area contributed by atoms with Crippen molar-refractivity contribution in [1.82, 2.24) is 15.0 Å². The van der Waals surface area contributed by atoms with Gasteiger partial charge in [0.25, 0.3) is 0 Å². The molecular formula is C46H35N3O. The third-order valence-electron chi connectivity index (χ3n) is 10.9. The van der Waals surface area contributed by atoms with Crippen LogP contribution in [0.4, 0.5) is 0 Å². The fourth-order valence-electron chi connectivity index (χ4n) is 8.37. The molecule has 2 heterocycles. The minimum Gasteiger partial charge on any atom is -0.455 e. The number of hydrogen-bond donors (Lipinski definition) is 0. The first kappa shape index (κ1) is 29.1. The van der Waals surface area contributed by atoms with Crippen molar-refractivity contribution in [3.05, 3.63) is 144 Å². The third kappa shape index (κ3) is 4.41. The van der Waals surface area contributed by atoms with Crippen LogP contribution in [0.1, 0.15) is 56.2 Å². The van der Waals surface area contributed by atoms with E-state index in [0.29, 0.717) is 17.5 Å². The molecule has 0 radical (unpaired) electrons. The average Bonchev–Trinajstić information content (AvgIpc) is 3.67. The van der Waals surface area contributed by atoms with E-state index in [1.54, 1.807) is 0 Å². The zero-order valence-electron chi connectivity index (χ0n) is 28.2. The standard InChI is InChI=1S/C46H35N3O/c1-46(2)38-22-12-11-19-33(38)34-25-24-30(26-39(34)46)44-47-43(29-16-7-4-8-17-29)48-45(49-44)36-27-37-41-31(28-14-5-3-6-15-28)21-13-23-40(41)50-42(37)35-20-10-9-18-32(35)36/h4,7-14,16-27H,3,5-6,15H2,1-2H3. The highest BCUT2D eigenvalue weighted by atomic mass is 16.3. The van der Waals surface area contributed by atoms with Crippen LogP contribution in [0.2, 0.25) is 0 Å². The van der Waals surface area contributed by atoms with Crippen LogP contribution in [0.25, 0.3) is 83.6 Å². The van der Waals surface area contributed by atoms with Gasteiger partial charge in [-0.3, -0.25) is 0 Å². The molecule has 0 fully saturated rings. The second-order valence-electron chi connectivity index (χ2n) is 14.2. The Kier molecular flexibility index (Phi) is 6.44. The van der Waals surface area contributed by atoms with Gasteiger partial charge in [0.15, 0.2) is 17.5 Å². The molecule has 50 heavy (non-hydrogen) atoms. The van der Waals surface area contributed by atoms with Gasteiger partial charge < -0.3 is 4.42 Å². The molecule has 0 aliphatic heterocycles. The first-order valence-electron chi connectivity index (χ1n) is 17.7. The van der Waals surface area contributed by atoms with E-state index in [1.807, 2.05) is 18.2 Å². The maximum Gasteiger partial charge on any atom is 0.164 e. The number of aromatic nitrogens is 3. The van der Waals surface area contributed by atoms with Crippen LogP contribution < -0.4 is 0 Å². The van der Waals surface area contributed by atoms with Gasteiger partial charge in [-0.05, 0) is 82.7 Å². The van der Waals surface area contributed by atoms with Crippen LogP contribution in [-0.2, 0) is 5.41 Å². The van der Waals surface area contributed by atoms with Crippen LogP contribution in [0.5, 0.6) is 0 Å². The number of nitrogens with zero attached hydrogens (tertiary/aromatic N) is 3. The Bertz CT molecular complexity index is 2680. The lowest BCUT2D eigenvalue weighted by molar-refractivity contribution is 0.660. The van der Waals surface area contributed by atoms with Crippen LogP contribution in [0.15, 0.2) is 132 Å². The van der Waals surface area contributed by atoms with Crippen LogP contribution in [-0.4, -0.2) is 15.0 Å². The number of rotatable bonds is 4. The van der Waals surface area contributed by atoms with E-state index >= 15 is 0 Å². The fraction of sp³-hybridized carbons (Fsp3) is 0.152. The predicted octanol–water partition coefficient (Wildman–Crippen LogP) is 12.2. The van der Waals surface area contributed by atoms with Crippen molar-refractivity contribution in [2.24, 2.45) is 0 Å². The van der Waals surface area contributed by atoms with E-state index in [9.17, 15) is 0 Å². The summed E-state index contributed by atoms with van der Waals surface area (Å²) >= 11 is 0. The Labute approximate surface area is 291 Å². The highest BCUT2D eigenvalue weighted by Gasteiger charge is 2.35. The first-order chi connectivity index (χ1) is 24.5. The Balaban J connectivity index is 1.23. The molecule has 2 aromatic heterocycles. The van der Waals surface area contributed by atoms with Crippen molar-refractivity contribution in [2.45, 2.75) is 44.9 Å². The maximum atomic E-state index is 6.68. The van der Waals surface area contributed by atoms with E-state index in [2.05, 4.69) is 123 Å². The van der Waals surface area contributed by atoms with Gasteiger partial charge in [-0.15, -0.1) is 0 Å². The van der Waals surface area contributed by atoms with Crippen molar-refractivity contribution >= 4 is 38.3 Å². The Hall–Kier alpha value is -5.87. The molecule has 4 nitrogen and oxygen atoms in total. The number of benzene rings is 6. The van der Waals surface area contributed by atoms with Gasteiger partial charge in [-0.1, -0.05) is 123 Å². The molecule has 0 saturated heterocycles. The SMILES string of the molecule is CC1(C)c2ccccc2-c2ccc(-c3nc(-c4ccccc4)nc(-c4cc5c(oc6cccc(C7=CCCCC7)c65)c5ccccc45)n3)cc21. The number of fused-ring (bicyclic) bond motifs is 8. The zero-order chi connectivity index (χ0) is 33.4. The van der Waals surface area contributed by atoms with Crippen molar-refractivity contribution < 1.29 is 4.42 Å². The van der Waals surface area contributed by atoms with Crippen molar-refractivity contribution in [3.63, 3.8) is 0 Å². The summed E-state index contributed by atoms with van der Waals surface area (Å²) in [5, 5.41) is 4.37. The van der Waals surface area contributed by atoms with E-state index in [0.717, 1.165) is 56.9 Å². The minimum atomic E-state index is -0.130. The summed E-state index contributed by atoms with van der Waals surface area (Å²) in [4.78, 5) is 15.6. The topological polar surface area (TPSA) is 51.8 Å². The summed E-state index contributed by atoms with van der Waals surface area (Å²) in [5.41, 5.74) is 12.5. The zero-order valence-corrected chi connectivity index (χ0v) is 28.2. The van der Waals surface area contributed by atoms with Crippen LogP contribution >= 0.6 is 0 Å². The van der Waals surface area contributed by atoms with Gasteiger partial charge in [0, 0.05) is 38.3 Å². The molecule has 8 aromatic rings. The Morgan fingerprint density at radius 2 is 1.26 bits per heavy atom. The lowest BCUT2D eigenvalue weighted by atomic mass is 9.82. The van der Waals surface area contributed by atoms with Crippen LogP contribution in [0.3, 0.4) is 0 Å². The summed E-state index contributed by atoms with van der Waals surface area (Å²) in [6.45, 7) is 4.62. The van der Waals surface area contributed by atoms with Gasteiger partial charge >= 0.3 is 0 Å². The molecule has 4 heteroatoms. The second kappa shape index (κ2) is 11.1. The Morgan fingerprint density at radius 3 is 2.10 bits per heavy atom. The summed E-state index contributed by atoms with van der Waals surface area (Å²) in [6.07, 6.45) is 7.10. The highest BCUT2D eigenvalue weighted by molar-refractivity contribution is 6.20. The van der Waals surface area contributed by atoms with Gasteiger partial charge in [0.1, 0.15) is 11.2 Å². The molecule has 2 aliphatic rings. The molecule has 0 saturated carbocycles. The molecule has 240 valence electrons. The van der Waals surface area contributed by atoms with E-state index in [-0.39, 0.29) is 5.41 Å². The number of furan rings is 1. The molecule has 10 rings (SSSR count). The fourth-order valence-corrected chi connectivity index (χ4v) is 8.37. The van der Waals surface area contributed by atoms with Gasteiger partial charge in [-0.25, -0.2) is 15.0 Å². The van der Waals surface area contributed by atoms with E-state index in [4.69, 9.17) is 19.4 Å². The van der Waals surface area contributed by atoms with E-state index in [1.165, 1.54) is 51.6 Å². The third-order valence-corrected chi connectivity index (χ3v) is 10.9. The quantitative estimate of drug-likeness (QED) is 0.191. The normalized spacial score (nSPS) is 15.0. The molecule has 0 spiro atoms. The van der Waals surface area contributed by atoms with Crippen molar-refractivity contribution in [2.75, 3.05) is 0 Å². The van der Waals surface area contributed by atoms with Crippen molar-refractivity contribution in [1.29, 1.82) is 0 Å². The van der Waals surface area contributed by atoms with Gasteiger partial charge in [0.2, 0.25) is 0 Å². The summed E-state index contributed by atoms with van der Waals surface area (Å²) in [6, 6.07) is 42.9. The summed E-state index contributed by atoms with van der Waals surface area (Å²) in [7, 11) is 0. The number of hydrogen-bond acceptors (Lipinski definition) is 4. The number of allylic oxidation sites excluding steroid dienone is 2. The molecule has 6 aromatic carbocycles. The maximum absolute atomic E-state index is 6.68. The molecule has 2 aliphatic carbocycles. The highest BCUT2D eigenvalue weighted by Crippen LogP contribution is 2.49. The lowest BCUT2D eigenvalue weighted by Gasteiger charge is -2.21. The predicted molar refractivity (Wildman–Crippen MR) is 205 cm³/mol. The molecule has 0 amide bonds. The molecule has 0 N–H and O–H groups in total. The Morgan fingerprint density at radius 1 is 0.540 bits per heavy atom. The molecular weight excluding hydrogens is 611 g/mol. The minimum absolute atomic E-state index is 0.130. The molecule has 0 atom stereocenters. The molecule has 0 unspecified atom stereocenters. The second-order valence-corrected chi connectivity index (χ2v) is 14.2. The monoisotopic (exact) mass is 645 g/mol. The van der Waals surface area contributed by atoms with Crippen LogP contribution in [0, 0.1) is 0 Å². The summed E-state index contributed by atoms with van der Waals surface area (Å²) in [5.74, 6) is 1.97. The van der Waals surface area contributed by atoms with Gasteiger partial charge in [0.05, 0.1) is 0 Å². The molecule has 0 bridgehead atoms. The summed E-state index contributed by atoms with van der Waals surface area (Å²) < 4.78 is 6.68. The van der Waals surface area contributed by atoms with E-state index < -0.39 is 0 Å². The average molecular weight is 646 g/mol.